The SMILES string of the molecule is C/C(O)=C(\CC(C)(C)C)C(=O)CCc1ccccc1-c1cc(-c2ccccc2-c2cnc3c4c(cccc24)C(C)(C)c2ccccc2-3)cc(-c2ccccc2-c2cnc3c4c(cccc24)C(C)(C)c2ccccc2-3)c1. The molecule has 10 aromatic rings. The summed E-state index contributed by atoms with van der Waals surface area (Å²) in [6, 6.07) is 64.0. The van der Waals surface area contributed by atoms with Gasteiger partial charge in [-0.3, -0.25) is 14.8 Å². The number of pyridine rings is 2. The van der Waals surface area contributed by atoms with Crippen LogP contribution in [0.1, 0.15) is 96.0 Å². The Kier molecular flexibility index (Phi) is 11.5. The number of aromatic nitrogens is 2. The molecule has 12 rings (SSSR count). The molecule has 368 valence electrons. The molecule has 1 N–H and O–H groups in total. The van der Waals surface area contributed by atoms with Crippen molar-refractivity contribution in [3.63, 3.8) is 0 Å². The number of benzene rings is 8. The molecule has 8 aromatic carbocycles. The van der Waals surface area contributed by atoms with Gasteiger partial charge in [-0.25, -0.2) is 0 Å². The lowest BCUT2D eigenvalue weighted by atomic mass is 9.69. The molecule has 0 saturated carbocycles. The Hall–Kier alpha value is -8.21. The maximum Gasteiger partial charge on any atom is 0.162 e. The average Bonchev–Trinajstić information content (AvgIpc) is 3.42. The standard InChI is InChI=1S/C71H62N2O2/c1-43(74)57(40-69(2,3)4)64(75)36-35-44-21-9-10-22-48(44)45-37-46(49-23-11-13-25-51(49)58-41-72-67-55-27-15-17-31-60(55)70(5,6)62-33-19-29-53(58)65(62)67)39-47(38-45)50-24-12-14-26-52(50)59-42-73-68-56-28-16-18-32-61(56)71(7,8)63-34-20-30-54(59)66(63)68/h9-34,37-39,41-42,74H,35-36,40H2,1-8H3/b57-43-. The van der Waals surface area contributed by atoms with Crippen molar-refractivity contribution >= 4 is 27.3 Å². The quantitative estimate of drug-likeness (QED) is 0.110. The third-order valence-corrected chi connectivity index (χ3v) is 16.3. The van der Waals surface area contributed by atoms with Gasteiger partial charge in [-0.05, 0) is 126 Å². The van der Waals surface area contributed by atoms with Crippen LogP contribution in [0.15, 0.2) is 200 Å². The maximum atomic E-state index is 14.0. The summed E-state index contributed by atoms with van der Waals surface area (Å²) in [5.74, 6) is 0.0945. The lowest BCUT2D eigenvalue weighted by Crippen LogP contribution is -2.24. The Morgan fingerprint density at radius 1 is 0.467 bits per heavy atom. The summed E-state index contributed by atoms with van der Waals surface area (Å²) in [7, 11) is 0. The number of fused-ring (bicyclic) bond motifs is 4. The van der Waals surface area contributed by atoms with Crippen LogP contribution in [-0.2, 0) is 22.0 Å². The molecule has 0 amide bonds. The number of aryl methyl sites for hydroxylation is 1. The molecule has 2 aliphatic carbocycles. The van der Waals surface area contributed by atoms with Crippen LogP contribution in [-0.4, -0.2) is 20.9 Å². The van der Waals surface area contributed by atoms with Crippen LogP contribution in [0.2, 0.25) is 0 Å². The fourth-order valence-corrected chi connectivity index (χ4v) is 12.6. The molecule has 0 bridgehead atoms. The van der Waals surface area contributed by atoms with Crippen LogP contribution in [0, 0.1) is 5.41 Å². The summed E-state index contributed by atoms with van der Waals surface area (Å²) in [4.78, 5) is 24.7. The first-order valence-electron chi connectivity index (χ1n) is 26.5. The van der Waals surface area contributed by atoms with Gasteiger partial charge in [0.15, 0.2) is 5.78 Å². The van der Waals surface area contributed by atoms with E-state index in [2.05, 4.69) is 237 Å². The molecule has 2 aromatic heterocycles. The van der Waals surface area contributed by atoms with Crippen molar-refractivity contribution in [1.82, 2.24) is 9.97 Å². The van der Waals surface area contributed by atoms with Gasteiger partial charge >= 0.3 is 0 Å². The largest absolute Gasteiger partial charge is 0.512 e. The number of aliphatic hydroxyl groups is 1. The zero-order valence-corrected chi connectivity index (χ0v) is 44.3. The van der Waals surface area contributed by atoms with Crippen LogP contribution in [0.25, 0.3) is 99.7 Å². The van der Waals surface area contributed by atoms with E-state index in [1.54, 1.807) is 6.92 Å². The van der Waals surface area contributed by atoms with Gasteiger partial charge in [-0.2, -0.15) is 0 Å². The molecule has 0 spiro atoms. The molecule has 0 unspecified atom stereocenters. The summed E-state index contributed by atoms with van der Waals surface area (Å²) < 4.78 is 0. The highest BCUT2D eigenvalue weighted by atomic mass is 16.3. The highest BCUT2D eigenvalue weighted by molar-refractivity contribution is 6.11. The van der Waals surface area contributed by atoms with Crippen molar-refractivity contribution in [3.05, 3.63) is 227 Å². The Bertz CT molecular complexity index is 3800. The molecular weight excluding hydrogens is 913 g/mol. The van der Waals surface area contributed by atoms with Gasteiger partial charge < -0.3 is 5.11 Å². The van der Waals surface area contributed by atoms with Crippen LogP contribution < -0.4 is 0 Å². The highest BCUT2D eigenvalue weighted by Gasteiger charge is 2.36. The number of carbonyl (C=O) groups excluding carboxylic acids is 1. The van der Waals surface area contributed by atoms with Gasteiger partial charge in [0.25, 0.3) is 0 Å². The number of hydrogen-bond acceptors (Lipinski definition) is 4. The Balaban J connectivity index is 1.06. The first-order chi connectivity index (χ1) is 36.1. The molecule has 2 heterocycles. The average molecular weight is 975 g/mol. The van der Waals surface area contributed by atoms with E-state index in [0.717, 1.165) is 72.6 Å². The zero-order valence-electron chi connectivity index (χ0n) is 44.3. The van der Waals surface area contributed by atoms with E-state index >= 15 is 0 Å². The molecule has 0 aliphatic heterocycles. The second-order valence-corrected chi connectivity index (χ2v) is 23.1. The maximum absolute atomic E-state index is 14.0. The summed E-state index contributed by atoms with van der Waals surface area (Å²) in [6.07, 6.45) is 5.50. The van der Waals surface area contributed by atoms with Gasteiger partial charge in [0, 0.05) is 68.2 Å². The van der Waals surface area contributed by atoms with E-state index in [-0.39, 0.29) is 34.2 Å². The number of allylic oxidation sites excluding steroid dienone is 2. The van der Waals surface area contributed by atoms with Crippen LogP contribution >= 0.6 is 0 Å². The molecule has 2 aliphatic rings. The molecular formula is C71H62N2O2. The van der Waals surface area contributed by atoms with Crippen molar-refractivity contribution < 1.29 is 9.90 Å². The third kappa shape index (κ3) is 8.01. The molecule has 0 atom stereocenters. The molecule has 0 radical (unpaired) electrons. The van der Waals surface area contributed by atoms with Crippen molar-refractivity contribution in [1.29, 1.82) is 0 Å². The molecule has 0 saturated heterocycles. The van der Waals surface area contributed by atoms with E-state index in [0.29, 0.717) is 18.4 Å². The monoisotopic (exact) mass is 974 g/mol. The van der Waals surface area contributed by atoms with Gasteiger partial charge in [0.1, 0.15) is 0 Å². The van der Waals surface area contributed by atoms with Crippen LogP contribution in [0.3, 0.4) is 0 Å². The molecule has 75 heavy (non-hydrogen) atoms. The lowest BCUT2D eigenvalue weighted by molar-refractivity contribution is -0.116. The number of Topliss-reactive ketones (excluding diaryl/α,β-unsaturated/α-hetero) is 1. The summed E-state index contributed by atoms with van der Waals surface area (Å²) >= 11 is 0. The number of nitrogens with zero attached hydrogens (tertiary/aromatic N) is 2. The molecule has 4 heteroatoms. The predicted molar refractivity (Wildman–Crippen MR) is 312 cm³/mol. The van der Waals surface area contributed by atoms with E-state index in [4.69, 9.17) is 9.97 Å². The molecule has 4 nitrogen and oxygen atoms in total. The fraction of sp³-hybridized carbons (Fsp3) is 0.197. The van der Waals surface area contributed by atoms with Crippen molar-refractivity contribution in [3.8, 4) is 78.1 Å². The van der Waals surface area contributed by atoms with Crippen LogP contribution in [0.4, 0.5) is 0 Å². The third-order valence-electron chi connectivity index (χ3n) is 16.3. The molecule has 0 fully saturated rings. The summed E-state index contributed by atoms with van der Waals surface area (Å²) in [5.41, 5.74) is 21.5. The van der Waals surface area contributed by atoms with E-state index in [1.807, 2.05) is 0 Å². The van der Waals surface area contributed by atoms with E-state index < -0.39 is 0 Å². The first-order valence-corrected chi connectivity index (χ1v) is 26.5. The number of carbonyl (C=O) groups is 1. The van der Waals surface area contributed by atoms with Gasteiger partial charge in [-0.1, -0.05) is 206 Å². The number of hydrogen-bond donors (Lipinski definition) is 1. The zero-order chi connectivity index (χ0) is 52.0. The summed E-state index contributed by atoms with van der Waals surface area (Å²) in [6.45, 7) is 17.3. The van der Waals surface area contributed by atoms with Crippen molar-refractivity contribution in [2.45, 2.75) is 85.5 Å². The normalized spacial score (nSPS) is 14.3. The Morgan fingerprint density at radius 3 is 1.31 bits per heavy atom. The first kappa shape index (κ1) is 47.8. The minimum atomic E-state index is -0.209. The van der Waals surface area contributed by atoms with E-state index in [1.165, 1.54) is 54.9 Å². The number of aliphatic hydroxyl groups excluding tert-OH is 1. The van der Waals surface area contributed by atoms with Gasteiger partial charge in [0.05, 0.1) is 17.1 Å². The van der Waals surface area contributed by atoms with Crippen molar-refractivity contribution in [2.75, 3.05) is 0 Å². The number of ketones is 1. The smallest absolute Gasteiger partial charge is 0.162 e. The predicted octanol–water partition coefficient (Wildman–Crippen LogP) is 18.5. The second-order valence-electron chi connectivity index (χ2n) is 23.1. The fourth-order valence-electron chi connectivity index (χ4n) is 12.6. The van der Waals surface area contributed by atoms with Crippen LogP contribution in [0.5, 0.6) is 0 Å². The van der Waals surface area contributed by atoms with E-state index in [9.17, 15) is 9.90 Å². The summed E-state index contributed by atoms with van der Waals surface area (Å²) in [5, 5.41) is 15.5. The Morgan fingerprint density at radius 2 is 0.853 bits per heavy atom. The minimum Gasteiger partial charge on any atom is -0.512 e. The second kappa shape index (κ2) is 18.0. The Labute approximate surface area is 441 Å². The van der Waals surface area contributed by atoms with Crippen molar-refractivity contribution in [2.24, 2.45) is 5.41 Å². The highest BCUT2D eigenvalue weighted by Crippen LogP contribution is 2.52. The topological polar surface area (TPSA) is 63.1 Å². The van der Waals surface area contributed by atoms with Gasteiger partial charge in [-0.15, -0.1) is 0 Å². The van der Waals surface area contributed by atoms with Gasteiger partial charge in [0.2, 0.25) is 0 Å². The lowest BCUT2D eigenvalue weighted by Gasteiger charge is -2.34. The minimum absolute atomic E-state index is 0.0138. The number of rotatable bonds is 10.